The van der Waals surface area contributed by atoms with Gasteiger partial charge >= 0.3 is 0 Å². The van der Waals surface area contributed by atoms with Gasteiger partial charge in [0.15, 0.2) is 5.82 Å². The molecule has 0 radical (unpaired) electrons. The number of nitrogens with one attached hydrogen (secondary N) is 1. The topological polar surface area (TPSA) is 105 Å². The number of hydrogen-bond acceptors (Lipinski definition) is 6. The van der Waals surface area contributed by atoms with Gasteiger partial charge in [0.05, 0.1) is 11.3 Å². The van der Waals surface area contributed by atoms with Crippen molar-refractivity contribution in [2.75, 3.05) is 6.54 Å². The lowest BCUT2D eigenvalue weighted by atomic mass is 9.99. The minimum absolute atomic E-state index is 0.107. The van der Waals surface area contributed by atoms with Crippen molar-refractivity contribution in [3.63, 3.8) is 0 Å². The van der Waals surface area contributed by atoms with Gasteiger partial charge < -0.3 is 9.42 Å². The van der Waals surface area contributed by atoms with Crippen LogP contribution in [0.3, 0.4) is 0 Å². The molecule has 1 fully saturated rings. The van der Waals surface area contributed by atoms with Crippen molar-refractivity contribution >= 4 is 5.91 Å². The second kappa shape index (κ2) is 7.38. The number of likely N-dealkylation sites (tertiary alicyclic amines) is 1. The normalized spacial score (nSPS) is 16.9. The standard InChI is InChI=1S/C20H21N5O3/c1-12-10-16(18(26)23-22-12)14-6-5-7-15(11-14)20(27)25-9-4-3-8-17(25)19-21-13(2)24-28-19/h5-7,10-11,17H,3-4,8-9H2,1-2H3,(H,23,26)/t17-/m0/s1. The number of rotatable bonds is 3. The van der Waals surface area contributed by atoms with Gasteiger partial charge in [0.25, 0.3) is 11.5 Å². The van der Waals surface area contributed by atoms with Gasteiger partial charge in [-0.2, -0.15) is 10.1 Å². The number of nitrogens with zero attached hydrogens (tertiary/aromatic N) is 4. The first-order valence-corrected chi connectivity index (χ1v) is 9.31. The molecule has 4 rings (SSSR count). The summed E-state index contributed by atoms with van der Waals surface area (Å²) in [5.74, 6) is 0.926. The predicted octanol–water partition coefficient (Wildman–Crippen LogP) is 2.80. The van der Waals surface area contributed by atoms with E-state index in [1.807, 2.05) is 6.07 Å². The third kappa shape index (κ3) is 3.45. The highest BCUT2D eigenvalue weighted by Gasteiger charge is 2.32. The number of H-pyrrole nitrogens is 1. The Kier molecular flexibility index (Phi) is 4.77. The molecule has 8 nitrogen and oxygen atoms in total. The van der Waals surface area contributed by atoms with Crippen LogP contribution in [0.25, 0.3) is 11.1 Å². The van der Waals surface area contributed by atoms with E-state index >= 15 is 0 Å². The molecular formula is C20H21N5O3. The molecule has 28 heavy (non-hydrogen) atoms. The maximum absolute atomic E-state index is 13.3. The molecule has 0 bridgehead atoms. The lowest BCUT2D eigenvalue weighted by Crippen LogP contribution is -2.38. The van der Waals surface area contributed by atoms with Crippen molar-refractivity contribution in [3.8, 4) is 11.1 Å². The first-order chi connectivity index (χ1) is 13.5. The number of aromatic amines is 1. The lowest BCUT2D eigenvalue weighted by Gasteiger charge is -2.33. The SMILES string of the molecule is Cc1cc(-c2cccc(C(=O)N3CCCC[C@H]3c3nc(C)no3)c2)c(=O)[nH]n1. The number of aromatic nitrogens is 4. The lowest BCUT2D eigenvalue weighted by molar-refractivity contribution is 0.0561. The van der Waals surface area contributed by atoms with Gasteiger partial charge in [-0.1, -0.05) is 17.3 Å². The molecule has 144 valence electrons. The molecule has 3 heterocycles. The number of aryl methyl sites for hydroxylation is 2. The second-order valence-electron chi connectivity index (χ2n) is 7.02. The van der Waals surface area contributed by atoms with Gasteiger partial charge in [-0.05, 0) is 56.9 Å². The monoisotopic (exact) mass is 379 g/mol. The Balaban J connectivity index is 1.67. The number of hydrogen-bond donors (Lipinski definition) is 1. The minimum Gasteiger partial charge on any atom is -0.337 e. The smallest absolute Gasteiger partial charge is 0.272 e. The molecular weight excluding hydrogens is 358 g/mol. The Labute approximate surface area is 161 Å². The first-order valence-electron chi connectivity index (χ1n) is 9.31. The molecule has 1 saturated heterocycles. The van der Waals surface area contributed by atoms with Gasteiger partial charge in [0, 0.05) is 12.1 Å². The maximum atomic E-state index is 13.3. The summed E-state index contributed by atoms with van der Waals surface area (Å²) in [4.78, 5) is 31.5. The van der Waals surface area contributed by atoms with Crippen LogP contribution in [0.15, 0.2) is 39.6 Å². The van der Waals surface area contributed by atoms with Crippen LogP contribution in [0, 0.1) is 13.8 Å². The zero-order chi connectivity index (χ0) is 19.7. The molecule has 1 aromatic carbocycles. The van der Waals surface area contributed by atoms with Crippen LogP contribution in [-0.2, 0) is 0 Å². The summed E-state index contributed by atoms with van der Waals surface area (Å²) in [7, 11) is 0. The summed E-state index contributed by atoms with van der Waals surface area (Å²) in [6.07, 6.45) is 2.72. The predicted molar refractivity (Wildman–Crippen MR) is 102 cm³/mol. The van der Waals surface area contributed by atoms with E-state index in [-0.39, 0.29) is 17.5 Å². The number of carbonyl (C=O) groups excluding carboxylic acids is 1. The van der Waals surface area contributed by atoms with Crippen molar-refractivity contribution in [2.45, 2.75) is 39.2 Å². The third-order valence-electron chi connectivity index (χ3n) is 4.94. The Morgan fingerprint density at radius 3 is 2.89 bits per heavy atom. The Morgan fingerprint density at radius 2 is 2.11 bits per heavy atom. The van der Waals surface area contributed by atoms with E-state index in [2.05, 4.69) is 20.3 Å². The molecule has 1 amide bonds. The van der Waals surface area contributed by atoms with E-state index in [4.69, 9.17) is 4.52 Å². The summed E-state index contributed by atoms with van der Waals surface area (Å²) < 4.78 is 5.33. The number of amides is 1. The molecule has 1 N–H and O–H groups in total. The molecule has 1 atom stereocenters. The summed E-state index contributed by atoms with van der Waals surface area (Å²) in [6.45, 7) is 4.20. The summed E-state index contributed by atoms with van der Waals surface area (Å²) in [6, 6.07) is 8.60. The van der Waals surface area contributed by atoms with E-state index in [0.717, 1.165) is 19.3 Å². The average molecular weight is 379 g/mol. The quantitative estimate of drug-likeness (QED) is 0.750. The van der Waals surface area contributed by atoms with E-state index in [0.29, 0.717) is 40.6 Å². The van der Waals surface area contributed by atoms with Gasteiger partial charge in [0.2, 0.25) is 5.89 Å². The molecule has 0 unspecified atom stereocenters. The highest BCUT2D eigenvalue weighted by molar-refractivity contribution is 5.95. The number of benzene rings is 1. The molecule has 2 aromatic heterocycles. The summed E-state index contributed by atoms with van der Waals surface area (Å²) in [5.41, 5.74) is 2.11. The fourth-order valence-electron chi connectivity index (χ4n) is 3.59. The van der Waals surface area contributed by atoms with Crippen LogP contribution in [0.2, 0.25) is 0 Å². The van der Waals surface area contributed by atoms with Crippen molar-refractivity contribution in [1.29, 1.82) is 0 Å². The van der Waals surface area contributed by atoms with Gasteiger partial charge in [-0.25, -0.2) is 5.10 Å². The van der Waals surface area contributed by atoms with E-state index in [1.165, 1.54) is 0 Å². The Bertz CT molecular complexity index is 1070. The molecule has 0 spiro atoms. The van der Waals surface area contributed by atoms with Gasteiger partial charge in [-0.3, -0.25) is 9.59 Å². The van der Waals surface area contributed by atoms with Crippen molar-refractivity contribution in [1.82, 2.24) is 25.2 Å². The minimum atomic E-state index is -0.285. The molecule has 1 aliphatic rings. The summed E-state index contributed by atoms with van der Waals surface area (Å²) in [5, 5.41) is 10.2. The number of piperidine rings is 1. The van der Waals surface area contributed by atoms with Crippen LogP contribution in [0.5, 0.6) is 0 Å². The van der Waals surface area contributed by atoms with Crippen LogP contribution < -0.4 is 5.56 Å². The molecule has 0 aliphatic carbocycles. The maximum Gasteiger partial charge on any atom is 0.272 e. The van der Waals surface area contributed by atoms with E-state index in [1.54, 1.807) is 43.0 Å². The highest BCUT2D eigenvalue weighted by atomic mass is 16.5. The number of carbonyl (C=O) groups is 1. The average Bonchev–Trinajstić information content (AvgIpc) is 3.15. The second-order valence-corrected chi connectivity index (χ2v) is 7.02. The van der Waals surface area contributed by atoms with Gasteiger partial charge in [-0.15, -0.1) is 0 Å². The molecule has 3 aromatic rings. The fraction of sp³-hybridized carbons (Fsp3) is 0.350. The first kappa shape index (κ1) is 18.1. The molecule has 0 saturated carbocycles. The van der Waals surface area contributed by atoms with Crippen molar-refractivity contribution in [3.05, 3.63) is 63.7 Å². The van der Waals surface area contributed by atoms with E-state index in [9.17, 15) is 9.59 Å². The van der Waals surface area contributed by atoms with E-state index < -0.39 is 0 Å². The zero-order valence-electron chi connectivity index (χ0n) is 15.8. The Hall–Kier alpha value is -3.29. The summed E-state index contributed by atoms with van der Waals surface area (Å²) >= 11 is 0. The largest absolute Gasteiger partial charge is 0.337 e. The highest BCUT2D eigenvalue weighted by Crippen LogP contribution is 2.31. The van der Waals surface area contributed by atoms with Crippen LogP contribution in [0.1, 0.15) is 53.1 Å². The molecule has 1 aliphatic heterocycles. The Morgan fingerprint density at radius 1 is 1.25 bits per heavy atom. The van der Waals surface area contributed by atoms with Crippen LogP contribution in [0.4, 0.5) is 0 Å². The fourth-order valence-corrected chi connectivity index (χ4v) is 3.59. The zero-order valence-corrected chi connectivity index (χ0v) is 15.8. The van der Waals surface area contributed by atoms with Crippen LogP contribution >= 0.6 is 0 Å². The molecule has 8 heteroatoms. The van der Waals surface area contributed by atoms with Crippen molar-refractivity contribution in [2.24, 2.45) is 0 Å². The van der Waals surface area contributed by atoms with Crippen molar-refractivity contribution < 1.29 is 9.32 Å². The van der Waals surface area contributed by atoms with Crippen LogP contribution in [-0.4, -0.2) is 37.7 Å². The van der Waals surface area contributed by atoms with Gasteiger partial charge in [0.1, 0.15) is 6.04 Å². The third-order valence-corrected chi connectivity index (χ3v) is 4.94.